The average Bonchev–Trinajstić information content (AvgIpc) is 2.74. The number of nitrogens with zero attached hydrogens (tertiary/aromatic N) is 1. The lowest BCUT2D eigenvalue weighted by Crippen LogP contribution is -2.32. The zero-order chi connectivity index (χ0) is 24.1. The van der Waals surface area contributed by atoms with E-state index >= 15 is 4.39 Å². The van der Waals surface area contributed by atoms with Crippen LogP contribution in [0.2, 0.25) is 0 Å². The molecular formula is C20H18F7NO3S. The molecule has 0 aromatic heterocycles. The quantitative estimate of drug-likeness (QED) is 0.555. The van der Waals surface area contributed by atoms with Gasteiger partial charge < -0.3 is 10.0 Å². The van der Waals surface area contributed by atoms with E-state index in [1.165, 1.54) is 0 Å². The summed E-state index contributed by atoms with van der Waals surface area (Å²) in [5.41, 5.74) is -4.86. The van der Waals surface area contributed by atoms with Gasteiger partial charge >= 0.3 is 6.18 Å². The van der Waals surface area contributed by atoms with Gasteiger partial charge in [0.05, 0.1) is 16.1 Å². The number of hydrogen-bond acceptors (Lipinski definition) is 4. The Morgan fingerprint density at radius 2 is 1.69 bits per heavy atom. The van der Waals surface area contributed by atoms with Gasteiger partial charge in [-0.2, -0.15) is 13.2 Å². The molecule has 0 radical (unpaired) electrons. The summed E-state index contributed by atoms with van der Waals surface area (Å²) in [5.74, 6) is -6.89. The van der Waals surface area contributed by atoms with Crippen molar-refractivity contribution >= 4 is 21.2 Å². The van der Waals surface area contributed by atoms with Gasteiger partial charge in [0.15, 0.2) is 0 Å². The largest absolute Gasteiger partial charge is 0.507 e. The van der Waals surface area contributed by atoms with E-state index in [4.69, 9.17) is 0 Å². The SMILES string of the molecule is CC(F)(F)CC[C@H]1CN(c2ccc(F)cc2)c2cc(C(F)(F)F)c(O)cc2S(=O)(=O)[C@H]1F. The third-order valence-electron chi connectivity index (χ3n) is 5.16. The summed E-state index contributed by atoms with van der Waals surface area (Å²) < 4.78 is 121. The summed E-state index contributed by atoms with van der Waals surface area (Å²) >= 11 is 0. The number of aromatic hydroxyl groups is 1. The highest BCUT2D eigenvalue weighted by Crippen LogP contribution is 2.47. The molecule has 0 aliphatic carbocycles. The lowest BCUT2D eigenvalue weighted by Gasteiger charge is -2.28. The van der Waals surface area contributed by atoms with Crippen molar-refractivity contribution in [2.45, 2.75) is 42.3 Å². The smallest absolute Gasteiger partial charge is 0.420 e. The number of phenols is 1. The standard InChI is InChI=1S/C20H18F7NO3S/c1-19(23,24)7-6-11-10-28(13-4-2-12(21)3-5-13)15-8-14(20(25,26)27)16(29)9-17(15)32(30,31)18(11)22/h2-5,8-9,11,18,29H,6-7,10H2,1H3/t11-,18+/m0/s1. The van der Waals surface area contributed by atoms with Crippen LogP contribution in [0.15, 0.2) is 41.3 Å². The van der Waals surface area contributed by atoms with Gasteiger partial charge in [0, 0.05) is 30.6 Å². The molecule has 4 nitrogen and oxygen atoms in total. The molecule has 0 saturated carbocycles. The van der Waals surface area contributed by atoms with E-state index in [-0.39, 0.29) is 5.69 Å². The van der Waals surface area contributed by atoms with Crippen LogP contribution in [0.4, 0.5) is 42.1 Å². The third kappa shape index (κ3) is 4.79. The van der Waals surface area contributed by atoms with Crippen LogP contribution >= 0.6 is 0 Å². The Bertz CT molecular complexity index is 1100. The number of halogens is 7. The van der Waals surface area contributed by atoms with E-state index in [9.17, 15) is 39.9 Å². The fourth-order valence-corrected chi connectivity index (χ4v) is 5.25. The van der Waals surface area contributed by atoms with E-state index < -0.39 is 80.5 Å². The van der Waals surface area contributed by atoms with Crippen LogP contribution in [0, 0.1) is 11.7 Å². The lowest BCUT2D eigenvalue weighted by molar-refractivity contribution is -0.138. The number of anilines is 2. The Kier molecular flexibility index (Phi) is 6.13. The first-order valence-electron chi connectivity index (χ1n) is 9.34. The van der Waals surface area contributed by atoms with Crippen LogP contribution in [-0.2, 0) is 16.0 Å². The number of alkyl halides is 6. The van der Waals surface area contributed by atoms with Gasteiger partial charge in [0.1, 0.15) is 11.6 Å². The minimum atomic E-state index is -5.07. The van der Waals surface area contributed by atoms with Crippen molar-refractivity contribution in [3.63, 3.8) is 0 Å². The minimum Gasteiger partial charge on any atom is -0.507 e. The molecule has 12 heteroatoms. The average molecular weight is 485 g/mol. The van der Waals surface area contributed by atoms with Crippen LogP contribution in [0.5, 0.6) is 5.75 Å². The van der Waals surface area contributed by atoms with Gasteiger partial charge in [0.25, 0.3) is 0 Å². The second-order valence-corrected chi connectivity index (χ2v) is 9.67. The number of benzene rings is 2. The highest BCUT2D eigenvalue weighted by atomic mass is 32.2. The molecule has 3 rings (SSSR count). The fraction of sp³-hybridized carbons (Fsp3) is 0.400. The number of rotatable bonds is 4. The summed E-state index contributed by atoms with van der Waals surface area (Å²) in [6.45, 7) is 0.00274. The minimum absolute atomic E-state index is 0.0176. The van der Waals surface area contributed by atoms with Gasteiger partial charge in [-0.05, 0) is 43.7 Å². The van der Waals surface area contributed by atoms with Crippen molar-refractivity contribution in [1.29, 1.82) is 0 Å². The number of sulfone groups is 1. The van der Waals surface area contributed by atoms with Crippen molar-refractivity contribution in [3.8, 4) is 5.75 Å². The molecule has 2 atom stereocenters. The first kappa shape index (κ1) is 24.1. The molecule has 1 aliphatic rings. The predicted molar refractivity (Wildman–Crippen MR) is 102 cm³/mol. The second kappa shape index (κ2) is 8.13. The monoisotopic (exact) mass is 485 g/mol. The summed E-state index contributed by atoms with van der Waals surface area (Å²) in [7, 11) is -4.96. The predicted octanol–water partition coefficient (Wildman–Crippen LogP) is 5.82. The zero-order valence-corrected chi connectivity index (χ0v) is 17.3. The van der Waals surface area contributed by atoms with E-state index in [0.29, 0.717) is 19.1 Å². The van der Waals surface area contributed by atoms with Crippen molar-refractivity contribution in [2.75, 3.05) is 11.4 Å². The van der Waals surface area contributed by atoms with E-state index in [1.807, 2.05) is 0 Å². The normalized spacial score (nSPS) is 21.2. The van der Waals surface area contributed by atoms with E-state index in [0.717, 1.165) is 29.2 Å². The molecule has 1 heterocycles. The highest BCUT2D eigenvalue weighted by molar-refractivity contribution is 7.92. The Hall–Kier alpha value is -2.50. The van der Waals surface area contributed by atoms with E-state index in [1.54, 1.807) is 0 Å². The first-order valence-corrected chi connectivity index (χ1v) is 10.9. The zero-order valence-electron chi connectivity index (χ0n) is 16.5. The topological polar surface area (TPSA) is 57.6 Å². The van der Waals surface area contributed by atoms with Crippen LogP contribution in [-0.4, -0.2) is 31.5 Å². The van der Waals surface area contributed by atoms with Gasteiger partial charge in [-0.15, -0.1) is 0 Å². The van der Waals surface area contributed by atoms with Crippen molar-refractivity contribution in [3.05, 3.63) is 47.8 Å². The Morgan fingerprint density at radius 1 is 1.09 bits per heavy atom. The molecule has 0 bridgehead atoms. The Labute approximate surface area is 179 Å². The Balaban J connectivity index is 2.24. The molecular weight excluding hydrogens is 467 g/mol. The summed E-state index contributed by atoms with van der Waals surface area (Å²) in [5, 5.41) is 9.81. The molecule has 0 amide bonds. The summed E-state index contributed by atoms with van der Waals surface area (Å²) in [6.07, 6.45) is -6.52. The molecule has 0 spiro atoms. The number of phenolic OH excluding ortho intramolecular Hbond substituents is 1. The maximum atomic E-state index is 15.1. The van der Waals surface area contributed by atoms with Gasteiger partial charge in [-0.1, -0.05) is 0 Å². The molecule has 0 unspecified atom stereocenters. The van der Waals surface area contributed by atoms with Crippen LogP contribution < -0.4 is 4.90 Å². The highest BCUT2D eigenvalue weighted by Gasteiger charge is 2.45. The third-order valence-corrected chi connectivity index (χ3v) is 7.07. The molecule has 32 heavy (non-hydrogen) atoms. The maximum absolute atomic E-state index is 15.1. The van der Waals surface area contributed by atoms with Crippen molar-refractivity contribution < 1.29 is 44.3 Å². The molecule has 176 valence electrons. The molecule has 0 saturated heterocycles. The number of fused-ring (bicyclic) bond motifs is 1. The van der Waals surface area contributed by atoms with Gasteiger partial charge in [0.2, 0.25) is 21.3 Å². The molecule has 1 N–H and O–H groups in total. The van der Waals surface area contributed by atoms with Crippen molar-refractivity contribution in [1.82, 2.24) is 0 Å². The van der Waals surface area contributed by atoms with Gasteiger partial charge in [-0.3, -0.25) is 0 Å². The lowest BCUT2D eigenvalue weighted by atomic mass is 10.00. The van der Waals surface area contributed by atoms with Gasteiger partial charge in [-0.25, -0.2) is 26.0 Å². The van der Waals surface area contributed by atoms with Crippen LogP contribution in [0.25, 0.3) is 0 Å². The maximum Gasteiger partial charge on any atom is 0.420 e. The summed E-state index contributed by atoms with van der Waals surface area (Å²) in [6, 6.07) is 4.84. The first-order chi connectivity index (χ1) is 14.6. The van der Waals surface area contributed by atoms with E-state index in [2.05, 4.69) is 0 Å². The molecule has 2 aromatic rings. The molecule has 0 fully saturated rings. The Morgan fingerprint density at radius 3 is 2.22 bits per heavy atom. The number of hydrogen-bond donors (Lipinski definition) is 1. The van der Waals surface area contributed by atoms with Crippen molar-refractivity contribution in [2.24, 2.45) is 5.92 Å². The van der Waals surface area contributed by atoms with Crippen LogP contribution in [0.1, 0.15) is 25.3 Å². The summed E-state index contributed by atoms with van der Waals surface area (Å²) in [4.78, 5) is 0.0737. The second-order valence-electron chi connectivity index (χ2n) is 7.69. The molecule has 1 aliphatic heterocycles. The van der Waals surface area contributed by atoms with Crippen LogP contribution in [0.3, 0.4) is 0 Å². The fourth-order valence-electron chi connectivity index (χ4n) is 3.54. The molecule has 2 aromatic carbocycles.